The van der Waals surface area contributed by atoms with Gasteiger partial charge in [0.2, 0.25) is 0 Å². The highest BCUT2D eigenvalue weighted by Gasteiger charge is 2.34. The van der Waals surface area contributed by atoms with E-state index in [1.54, 1.807) is 13.1 Å². The topological polar surface area (TPSA) is 72.5 Å². The molecule has 0 fully saturated rings. The van der Waals surface area contributed by atoms with Gasteiger partial charge in [0, 0.05) is 25.6 Å². The van der Waals surface area contributed by atoms with Gasteiger partial charge < -0.3 is 4.42 Å². The van der Waals surface area contributed by atoms with E-state index >= 15 is 0 Å². The summed E-state index contributed by atoms with van der Waals surface area (Å²) < 4.78 is 34.0. The van der Waals surface area contributed by atoms with E-state index < -0.39 is 15.8 Å². The van der Waals surface area contributed by atoms with E-state index in [9.17, 15) is 13.2 Å². The Morgan fingerprint density at radius 3 is 2.71 bits per heavy atom. The quantitative estimate of drug-likeness (QED) is 0.716. The molecule has 6 nitrogen and oxygen atoms in total. The monoisotopic (exact) mass is 344 g/mol. The number of fused-ring (bicyclic) bond motifs is 2. The van der Waals surface area contributed by atoms with Crippen molar-refractivity contribution in [2.75, 3.05) is 10.8 Å². The van der Waals surface area contributed by atoms with Crippen molar-refractivity contribution in [2.45, 2.75) is 17.7 Å². The molecule has 1 aromatic heterocycles. The van der Waals surface area contributed by atoms with E-state index in [4.69, 9.17) is 4.42 Å². The van der Waals surface area contributed by atoms with Crippen LogP contribution in [0.25, 0.3) is 11.1 Å². The summed E-state index contributed by atoms with van der Waals surface area (Å²) in [4.78, 5) is 11.7. The summed E-state index contributed by atoms with van der Waals surface area (Å²) in [7, 11) is -2.13. The van der Waals surface area contributed by atoms with Crippen molar-refractivity contribution < 1.29 is 12.8 Å². The van der Waals surface area contributed by atoms with Crippen molar-refractivity contribution in [3.63, 3.8) is 0 Å². The van der Waals surface area contributed by atoms with Crippen LogP contribution in [0.4, 0.5) is 5.69 Å². The summed E-state index contributed by atoms with van der Waals surface area (Å²) in [6, 6.07) is 12.0. The third-order valence-electron chi connectivity index (χ3n) is 4.53. The Bertz CT molecular complexity index is 1110. The summed E-state index contributed by atoms with van der Waals surface area (Å²) in [5.41, 5.74) is 2.56. The van der Waals surface area contributed by atoms with Crippen molar-refractivity contribution in [3.05, 3.63) is 58.6 Å². The lowest BCUT2D eigenvalue weighted by Gasteiger charge is -2.19. The summed E-state index contributed by atoms with van der Waals surface area (Å²) in [6.07, 6.45) is 0. The smallest absolute Gasteiger partial charge is 0.408 e. The largest absolute Gasteiger partial charge is 0.419 e. The highest BCUT2D eigenvalue weighted by atomic mass is 32.2. The van der Waals surface area contributed by atoms with Crippen LogP contribution >= 0.6 is 0 Å². The maximum atomic E-state index is 13.1. The number of aromatic nitrogens is 1. The molecular weight excluding hydrogens is 328 g/mol. The molecule has 7 heteroatoms. The first-order chi connectivity index (χ1) is 11.4. The lowest BCUT2D eigenvalue weighted by Crippen LogP contribution is -2.29. The molecule has 0 radical (unpaired) electrons. The zero-order chi connectivity index (χ0) is 17.1. The third-order valence-corrected chi connectivity index (χ3v) is 6.30. The van der Waals surface area contributed by atoms with Gasteiger partial charge >= 0.3 is 5.76 Å². The van der Waals surface area contributed by atoms with Crippen LogP contribution in [0.15, 0.2) is 56.6 Å². The Kier molecular flexibility index (Phi) is 3.11. The molecule has 0 spiro atoms. The molecular formula is C17H16N2O4S. The number of oxazole rings is 1. The van der Waals surface area contributed by atoms with E-state index in [-0.39, 0.29) is 16.4 Å². The molecule has 0 aliphatic carbocycles. The number of aryl methyl sites for hydroxylation is 1. The van der Waals surface area contributed by atoms with Crippen LogP contribution < -0.4 is 10.1 Å². The van der Waals surface area contributed by atoms with Crippen molar-refractivity contribution >= 4 is 26.8 Å². The number of anilines is 1. The Balaban J connectivity index is 1.86. The SMILES string of the molecule is CC1CN(S(=O)(=O)c2ccc3c(c2)oc(=O)n3C)c2ccccc21. The average molecular weight is 344 g/mol. The highest BCUT2D eigenvalue weighted by molar-refractivity contribution is 7.92. The normalized spacial score (nSPS) is 17.4. The number of hydrogen-bond acceptors (Lipinski definition) is 4. The summed E-state index contributed by atoms with van der Waals surface area (Å²) in [6.45, 7) is 2.41. The minimum atomic E-state index is -3.72. The first-order valence-corrected chi connectivity index (χ1v) is 9.05. The standard InChI is InChI=1S/C17H16N2O4S/c1-11-10-19(14-6-4-3-5-13(11)14)24(21,22)12-7-8-15-16(9-12)23-17(20)18(15)2/h3-9,11H,10H2,1-2H3. The van der Waals surface area contributed by atoms with Gasteiger partial charge in [-0.3, -0.25) is 8.87 Å². The molecule has 3 aromatic rings. The van der Waals surface area contributed by atoms with Crippen LogP contribution in [-0.2, 0) is 17.1 Å². The Morgan fingerprint density at radius 2 is 1.92 bits per heavy atom. The van der Waals surface area contributed by atoms with Gasteiger partial charge in [-0.1, -0.05) is 25.1 Å². The first kappa shape index (κ1) is 15.0. The zero-order valence-electron chi connectivity index (χ0n) is 13.3. The fourth-order valence-electron chi connectivity index (χ4n) is 3.21. The summed E-state index contributed by atoms with van der Waals surface area (Å²) in [5.74, 6) is -0.381. The van der Waals surface area contributed by atoms with Gasteiger partial charge in [-0.05, 0) is 23.8 Å². The summed E-state index contributed by atoms with van der Waals surface area (Å²) in [5, 5.41) is 0. The molecule has 0 saturated heterocycles. The average Bonchev–Trinajstić information content (AvgIpc) is 3.06. The van der Waals surface area contributed by atoms with Crippen LogP contribution in [0.2, 0.25) is 0 Å². The van der Waals surface area contributed by atoms with Gasteiger partial charge in [0.25, 0.3) is 10.0 Å². The molecule has 1 aliphatic heterocycles. The van der Waals surface area contributed by atoms with E-state index in [0.29, 0.717) is 17.7 Å². The molecule has 24 heavy (non-hydrogen) atoms. The Hall–Kier alpha value is -2.54. The van der Waals surface area contributed by atoms with Gasteiger partial charge in [-0.2, -0.15) is 0 Å². The van der Waals surface area contributed by atoms with Crippen molar-refractivity contribution in [2.24, 2.45) is 7.05 Å². The fourth-order valence-corrected chi connectivity index (χ4v) is 4.80. The number of rotatable bonds is 2. The van der Waals surface area contributed by atoms with Crippen molar-refractivity contribution in [1.82, 2.24) is 4.57 Å². The van der Waals surface area contributed by atoms with Crippen LogP contribution in [0.3, 0.4) is 0 Å². The molecule has 0 N–H and O–H groups in total. The van der Waals surface area contributed by atoms with E-state index in [1.165, 1.54) is 21.0 Å². The van der Waals surface area contributed by atoms with Crippen LogP contribution in [0.1, 0.15) is 18.4 Å². The molecule has 2 aromatic carbocycles. The first-order valence-electron chi connectivity index (χ1n) is 7.61. The van der Waals surface area contributed by atoms with Crippen LogP contribution in [0, 0.1) is 0 Å². The van der Waals surface area contributed by atoms with E-state index in [2.05, 4.69) is 0 Å². The van der Waals surface area contributed by atoms with E-state index in [0.717, 1.165) is 5.56 Å². The minimum absolute atomic E-state index is 0.119. The lowest BCUT2D eigenvalue weighted by molar-refractivity contribution is 0.527. The second-order valence-electron chi connectivity index (χ2n) is 6.05. The van der Waals surface area contributed by atoms with Gasteiger partial charge in [0.1, 0.15) is 0 Å². The molecule has 2 heterocycles. The second-order valence-corrected chi connectivity index (χ2v) is 7.91. The molecule has 0 amide bonds. The number of para-hydroxylation sites is 1. The minimum Gasteiger partial charge on any atom is -0.408 e. The van der Waals surface area contributed by atoms with Crippen LogP contribution in [-0.4, -0.2) is 19.5 Å². The summed E-state index contributed by atoms with van der Waals surface area (Å²) >= 11 is 0. The number of hydrogen-bond donors (Lipinski definition) is 0. The maximum absolute atomic E-state index is 13.1. The molecule has 124 valence electrons. The number of nitrogens with zero attached hydrogens (tertiary/aromatic N) is 2. The predicted molar refractivity (Wildman–Crippen MR) is 90.8 cm³/mol. The second kappa shape index (κ2) is 4.98. The van der Waals surface area contributed by atoms with E-state index in [1.807, 2.05) is 31.2 Å². The molecule has 1 unspecified atom stereocenters. The number of sulfonamides is 1. The Morgan fingerprint density at radius 1 is 1.17 bits per heavy atom. The van der Waals surface area contributed by atoms with Gasteiger partial charge in [0.15, 0.2) is 5.58 Å². The van der Waals surface area contributed by atoms with Crippen molar-refractivity contribution in [1.29, 1.82) is 0 Å². The third kappa shape index (κ3) is 2.01. The van der Waals surface area contributed by atoms with Crippen LogP contribution in [0.5, 0.6) is 0 Å². The number of benzene rings is 2. The molecule has 0 bridgehead atoms. The zero-order valence-corrected chi connectivity index (χ0v) is 14.1. The molecule has 1 aliphatic rings. The molecule has 4 rings (SSSR count). The predicted octanol–water partition coefficient (Wildman–Crippen LogP) is 2.44. The fraction of sp³-hybridized carbons (Fsp3) is 0.235. The van der Waals surface area contributed by atoms with Gasteiger partial charge in [-0.15, -0.1) is 0 Å². The molecule has 0 saturated carbocycles. The van der Waals surface area contributed by atoms with Crippen molar-refractivity contribution in [3.8, 4) is 0 Å². The van der Waals surface area contributed by atoms with Gasteiger partial charge in [-0.25, -0.2) is 13.2 Å². The lowest BCUT2D eigenvalue weighted by atomic mass is 10.0. The highest BCUT2D eigenvalue weighted by Crippen LogP contribution is 2.39. The Labute approximate surface area is 139 Å². The maximum Gasteiger partial charge on any atom is 0.419 e. The molecule has 1 atom stereocenters. The van der Waals surface area contributed by atoms with Gasteiger partial charge in [0.05, 0.1) is 16.1 Å².